The van der Waals surface area contributed by atoms with Crippen LogP contribution in [0.15, 0.2) is 30.3 Å². The van der Waals surface area contributed by atoms with Crippen LogP contribution in [0.2, 0.25) is 0 Å². The summed E-state index contributed by atoms with van der Waals surface area (Å²) in [6.07, 6.45) is 2.63. The highest BCUT2D eigenvalue weighted by Crippen LogP contribution is 2.20. The van der Waals surface area contributed by atoms with Crippen LogP contribution in [-0.2, 0) is 0 Å². The summed E-state index contributed by atoms with van der Waals surface area (Å²) in [4.78, 5) is 5.55. The second-order valence-corrected chi connectivity index (χ2v) is 6.48. The number of rotatable bonds is 7. The Hall–Kier alpha value is -0.970. The molecule has 3 nitrogen and oxygen atoms in total. The first kappa shape index (κ1) is 16.4. The first-order chi connectivity index (χ1) is 10.1. The van der Waals surface area contributed by atoms with Crippen LogP contribution >= 0.6 is 12.2 Å². The number of likely N-dealkylation sites (N-methyl/N-ethyl adjacent to an activating group) is 2. The summed E-state index contributed by atoms with van der Waals surface area (Å²) in [5, 5.41) is 0. The van der Waals surface area contributed by atoms with Gasteiger partial charge in [0.25, 0.3) is 0 Å². The molecule has 1 aliphatic rings. The van der Waals surface area contributed by atoms with Crippen molar-refractivity contribution in [2.24, 2.45) is 5.73 Å². The van der Waals surface area contributed by atoms with E-state index in [4.69, 9.17) is 18.0 Å². The van der Waals surface area contributed by atoms with E-state index in [2.05, 4.69) is 48.0 Å². The van der Waals surface area contributed by atoms with Gasteiger partial charge in [-0.05, 0) is 38.5 Å². The quantitative estimate of drug-likeness (QED) is 0.785. The van der Waals surface area contributed by atoms with Crippen molar-refractivity contribution in [2.45, 2.75) is 31.7 Å². The van der Waals surface area contributed by atoms with E-state index in [1.807, 2.05) is 6.07 Å². The Bertz CT molecular complexity index is 449. The van der Waals surface area contributed by atoms with Gasteiger partial charge in [0.05, 0.1) is 4.99 Å². The number of benzene rings is 1. The molecule has 0 aromatic heterocycles. The Morgan fingerprint density at radius 1 is 1.43 bits per heavy atom. The third-order valence-electron chi connectivity index (χ3n) is 4.47. The van der Waals surface area contributed by atoms with E-state index in [0.717, 1.165) is 19.6 Å². The van der Waals surface area contributed by atoms with Crippen molar-refractivity contribution in [1.82, 2.24) is 9.80 Å². The molecule has 1 aromatic rings. The SMILES string of the molecule is CCN1CCCC1CN(C)CC(C(N)=S)c1ccccc1. The average Bonchev–Trinajstić information content (AvgIpc) is 2.92. The van der Waals surface area contributed by atoms with Crippen LogP contribution < -0.4 is 5.73 Å². The Balaban J connectivity index is 1.96. The zero-order valence-corrected chi connectivity index (χ0v) is 14.0. The van der Waals surface area contributed by atoms with Gasteiger partial charge < -0.3 is 10.6 Å². The fourth-order valence-electron chi connectivity index (χ4n) is 3.31. The highest BCUT2D eigenvalue weighted by atomic mass is 32.1. The maximum absolute atomic E-state index is 5.97. The number of hydrogen-bond acceptors (Lipinski definition) is 3. The molecule has 21 heavy (non-hydrogen) atoms. The van der Waals surface area contributed by atoms with Crippen LogP contribution in [0.4, 0.5) is 0 Å². The third-order valence-corrected chi connectivity index (χ3v) is 4.75. The first-order valence-corrected chi connectivity index (χ1v) is 8.29. The van der Waals surface area contributed by atoms with Crippen LogP contribution in [0.5, 0.6) is 0 Å². The summed E-state index contributed by atoms with van der Waals surface area (Å²) in [7, 11) is 2.18. The average molecular weight is 305 g/mol. The zero-order chi connectivity index (χ0) is 15.2. The molecule has 0 spiro atoms. The molecule has 0 saturated carbocycles. The molecule has 2 unspecified atom stereocenters. The number of thiocarbonyl (C=S) groups is 1. The molecule has 1 fully saturated rings. The van der Waals surface area contributed by atoms with Gasteiger partial charge in [-0.15, -0.1) is 0 Å². The van der Waals surface area contributed by atoms with E-state index in [0.29, 0.717) is 11.0 Å². The third kappa shape index (κ3) is 4.50. The maximum atomic E-state index is 5.97. The van der Waals surface area contributed by atoms with E-state index in [-0.39, 0.29) is 5.92 Å². The van der Waals surface area contributed by atoms with Crippen LogP contribution in [0.25, 0.3) is 0 Å². The van der Waals surface area contributed by atoms with Crippen molar-refractivity contribution in [2.75, 3.05) is 33.2 Å². The summed E-state index contributed by atoms with van der Waals surface area (Å²) in [6, 6.07) is 11.0. The lowest BCUT2D eigenvalue weighted by molar-refractivity contribution is 0.198. The van der Waals surface area contributed by atoms with Gasteiger partial charge in [-0.3, -0.25) is 4.90 Å². The Labute approximate surface area is 134 Å². The van der Waals surface area contributed by atoms with Crippen molar-refractivity contribution < 1.29 is 0 Å². The summed E-state index contributed by atoms with van der Waals surface area (Å²) < 4.78 is 0. The molecule has 116 valence electrons. The van der Waals surface area contributed by atoms with E-state index < -0.39 is 0 Å². The van der Waals surface area contributed by atoms with Gasteiger partial charge in [0.1, 0.15) is 0 Å². The molecule has 4 heteroatoms. The minimum Gasteiger partial charge on any atom is -0.393 e. The van der Waals surface area contributed by atoms with Crippen LogP contribution in [0.3, 0.4) is 0 Å². The van der Waals surface area contributed by atoms with E-state index >= 15 is 0 Å². The molecule has 1 saturated heterocycles. The minimum atomic E-state index is 0.141. The highest BCUT2D eigenvalue weighted by molar-refractivity contribution is 7.80. The highest BCUT2D eigenvalue weighted by Gasteiger charge is 2.25. The lowest BCUT2D eigenvalue weighted by atomic mass is 9.98. The molecule has 0 aliphatic carbocycles. The fourth-order valence-corrected chi connectivity index (χ4v) is 3.52. The number of nitrogens with two attached hydrogens (primary N) is 1. The van der Waals surface area contributed by atoms with Gasteiger partial charge in [-0.25, -0.2) is 0 Å². The van der Waals surface area contributed by atoms with Crippen molar-refractivity contribution in [3.63, 3.8) is 0 Å². The van der Waals surface area contributed by atoms with Gasteiger partial charge in [0, 0.05) is 25.0 Å². The van der Waals surface area contributed by atoms with Gasteiger partial charge in [-0.1, -0.05) is 49.5 Å². The van der Waals surface area contributed by atoms with E-state index in [1.165, 1.54) is 24.9 Å². The normalized spacial score (nSPS) is 20.8. The molecule has 0 amide bonds. The summed E-state index contributed by atoms with van der Waals surface area (Å²) in [5.74, 6) is 0.141. The molecule has 1 aliphatic heterocycles. The molecule has 1 heterocycles. The molecule has 2 rings (SSSR count). The largest absolute Gasteiger partial charge is 0.393 e. The topological polar surface area (TPSA) is 32.5 Å². The van der Waals surface area contributed by atoms with Crippen LogP contribution in [0, 0.1) is 0 Å². The van der Waals surface area contributed by atoms with Gasteiger partial charge >= 0.3 is 0 Å². The summed E-state index contributed by atoms with van der Waals surface area (Å²) in [6.45, 7) is 6.63. The molecule has 2 atom stereocenters. The molecule has 0 radical (unpaired) electrons. The molecule has 1 aromatic carbocycles. The van der Waals surface area contributed by atoms with Gasteiger partial charge in [0.2, 0.25) is 0 Å². The predicted molar refractivity (Wildman–Crippen MR) is 93.7 cm³/mol. The molecular weight excluding hydrogens is 278 g/mol. The smallest absolute Gasteiger partial charge is 0.0816 e. The van der Waals surface area contributed by atoms with Crippen molar-refractivity contribution in [1.29, 1.82) is 0 Å². The molecular formula is C17H27N3S. The van der Waals surface area contributed by atoms with Crippen molar-refractivity contribution >= 4 is 17.2 Å². The first-order valence-electron chi connectivity index (χ1n) is 7.88. The standard InChI is InChI=1S/C17H27N3S/c1-3-20-11-7-10-15(20)12-19(2)13-16(17(18)21)14-8-5-4-6-9-14/h4-6,8-9,15-16H,3,7,10-13H2,1-2H3,(H2,18,21). The fraction of sp³-hybridized carbons (Fsp3) is 0.588. The second-order valence-electron chi connectivity index (χ2n) is 6.01. The van der Waals surface area contributed by atoms with Crippen molar-refractivity contribution in [3.05, 3.63) is 35.9 Å². The Morgan fingerprint density at radius 3 is 2.76 bits per heavy atom. The lowest BCUT2D eigenvalue weighted by Gasteiger charge is -2.30. The van der Waals surface area contributed by atoms with E-state index in [9.17, 15) is 0 Å². The molecule has 0 bridgehead atoms. The maximum Gasteiger partial charge on any atom is 0.0816 e. The lowest BCUT2D eigenvalue weighted by Crippen LogP contribution is -2.41. The monoisotopic (exact) mass is 305 g/mol. The van der Waals surface area contributed by atoms with Crippen LogP contribution in [0.1, 0.15) is 31.2 Å². The van der Waals surface area contributed by atoms with Gasteiger partial charge in [0.15, 0.2) is 0 Å². The van der Waals surface area contributed by atoms with E-state index in [1.54, 1.807) is 0 Å². The van der Waals surface area contributed by atoms with Gasteiger partial charge in [-0.2, -0.15) is 0 Å². The Morgan fingerprint density at radius 2 is 2.14 bits per heavy atom. The zero-order valence-electron chi connectivity index (χ0n) is 13.2. The molecule has 2 N–H and O–H groups in total. The summed E-state index contributed by atoms with van der Waals surface area (Å²) >= 11 is 5.29. The number of nitrogens with zero attached hydrogens (tertiary/aromatic N) is 2. The predicted octanol–water partition coefficient (Wildman–Crippen LogP) is 2.47. The number of hydrogen-bond donors (Lipinski definition) is 1. The second kappa shape index (κ2) is 7.87. The minimum absolute atomic E-state index is 0.141. The summed E-state index contributed by atoms with van der Waals surface area (Å²) in [5.41, 5.74) is 7.19. The van der Waals surface area contributed by atoms with Crippen molar-refractivity contribution in [3.8, 4) is 0 Å². The number of likely N-dealkylation sites (tertiary alicyclic amines) is 1. The Kier molecular flexibility index (Phi) is 6.15. The van der Waals surface area contributed by atoms with Crippen LogP contribution in [-0.4, -0.2) is 54.1 Å².